The van der Waals surface area contributed by atoms with Crippen LogP contribution < -0.4 is 10.2 Å². The number of carbonyl (C=O) groups is 2. The fourth-order valence-corrected chi connectivity index (χ4v) is 3.86. The number of hydrogen-bond donors (Lipinski definition) is 1. The quantitative estimate of drug-likeness (QED) is 0.528. The molecule has 156 valence electrons. The number of anilines is 2. The van der Waals surface area contributed by atoms with Crippen molar-refractivity contribution in [2.75, 3.05) is 10.2 Å². The van der Waals surface area contributed by atoms with Gasteiger partial charge in [0.1, 0.15) is 11.5 Å². The number of aryl methyl sites for hydroxylation is 2. The predicted molar refractivity (Wildman–Crippen MR) is 122 cm³/mol. The molecule has 0 saturated carbocycles. The zero-order valence-corrected chi connectivity index (χ0v) is 18.0. The summed E-state index contributed by atoms with van der Waals surface area (Å²) in [4.78, 5) is 28.1. The number of amides is 2. The molecule has 0 saturated heterocycles. The molecule has 4 rings (SSSR count). The number of nitrogens with one attached hydrogen (secondary N) is 1. The van der Waals surface area contributed by atoms with Crippen LogP contribution in [0.5, 0.6) is 0 Å². The predicted octanol–water partition coefficient (Wildman–Crippen LogP) is 5.80. The number of nitrogens with zero attached hydrogens (tertiary/aromatic N) is 1. The van der Waals surface area contributed by atoms with Gasteiger partial charge in [-0.15, -0.1) is 0 Å². The Bertz CT molecular complexity index is 1250. The summed E-state index contributed by atoms with van der Waals surface area (Å²) in [5.41, 5.74) is 4.48. The van der Waals surface area contributed by atoms with E-state index in [4.69, 9.17) is 11.6 Å². The van der Waals surface area contributed by atoms with Gasteiger partial charge in [0.05, 0.1) is 11.3 Å². The Morgan fingerprint density at radius 3 is 2.29 bits per heavy atom. The Morgan fingerprint density at radius 1 is 0.903 bits per heavy atom. The Labute approximate surface area is 185 Å². The van der Waals surface area contributed by atoms with Crippen molar-refractivity contribution in [2.45, 2.75) is 20.8 Å². The van der Waals surface area contributed by atoms with Crippen LogP contribution in [-0.4, -0.2) is 11.8 Å². The molecule has 0 aliphatic carbocycles. The molecule has 1 aliphatic rings. The molecule has 3 aromatic rings. The van der Waals surface area contributed by atoms with Gasteiger partial charge in [0.25, 0.3) is 11.8 Å². The first-order valence-corrected chi connectivity index (χ1v) is 10.1. The molecule has 2 amide bonds. The zero-order valence-electron chi connectivity index (χ0n) is 17.3. The molecule has 0 spiro atoms. The van der Waals surface area contributed by atoms with Crippen molar-refractivity contribution in [3.8, 4) is 0 Å². The van der Waals surface area contributed by atoms with Crippen LogP contribution in [0.3, 0.4) is 0 Å². The Kier molecular flexibility index (Phi) is 5.38. The van der Waals surface area contributed by atoms with E-state index in [0.29, 0.717) is 22.0 Å². The van der Waals surface area contributed by atoms with Crippen LogP contribution in [0.25, 0.3) is 5.57 Å². The molecule has 31 heavy (non-hydrogen) atoms. The lowest BCUT2D eigenvalue weighted by molar-refractivity contribution is -0.120. The zero-order chi connectivity index (χ0) is 22.3. The van der Waals surface area contributed by atoms with Crippen molar-refractivity contribution in [1.82, 2.24) is 0 Å². The van der Waals surface area contributed by atoms with Gasteiger partial charge in [-0.3, -0.25) is 9.59 Å². The number of rotatable bonds is 4. The summed E-state index contributed by atoms with van der Waals surface area (Å²) in [6, 6.07) is 16.4. The van der Waals surface area contributed by atoms with Gasteiger partial charge < -0.3 is 5.32 Å². The largest absolute Gasteiger partial charge is 0.350 e. The molecule has 1 heterocycles. The van der Waals surface area contributed by atoms with E-state index in [0.717, 1.165) is 21.6 Å². The molecule has 0 atom stereocenters. The molecule has 1 N–H and O–H groups in total. The molecular weight excluding hydrogens is 415 g/mol. The lowest BCUT2D eigenvalue weighted by Gasteiger charge is -2.18. The minimum atomic E-state index is -0.476. The second kappa shape index (κ2) is 8.00. The van der Waals surface area contributed by atoms with E-state index in [-0.39, 0.29) is 11.3 Å². The Balaban J connectivity index is 1.87. The average molecular weight is 435 g/mol. The topological polar surface area (TPSA) is 49.4 Å². The van der Waals surface area contributed by atoms with Gasteiger partial charge >= 0.3 is 0 Å². The molecule has 1 aliphatic heterocycles. The highest BCUT2D eigenvalue weighted by molar-refractivity contribution is 6.46. The van der Waals surface area contributed by atoms with Crippen molar-refractivity contribution >= 4 is 40.4 Å². The molecule has 0 aromatic heterocycles. The van der Waals surface area contributed by atoms with Crippen LogP contribution in [0, 0.1) is 26.6 Å². The van der Waals surface area contributed by atoms with Gasteiger partial charge in [-0.25, -0.2) is 9.29 Å². The van der Waals surface area contributed by atoms with Crippen molar-refractivity contribution in [2.24, 2.45) is 0 Å². The maximum Gasteiger partial charge on any atom is 0.282 e. The SMILES string of the molecule is Cc1ccc(N2C(=O)C(Nc3cccc(Cl)c3C)=C(c3ccc(F)cc3)C2=O)c(C)c1. The van der Waals surface area contributed by atoms with Crippen molar-refractivity contribution in [1.29, 1.82) is 0 Å². The van der Waals surface area contributed by atoms with Crippen LogP contribution in [-0.2, 0) is 9.59 Å². The lowest BCUT2D eigenvalue weighted by atomic mass is 10.0. The smallest absolute Gasteiger partial charge is 0.282 e. The molecule has 0 bridgehead atoms. The van der Waals surface area contributed by atoms with Crippen molar-refractivity contribution in [3.63, 3.8) is 0 Å². The fraction of sp³-hybridized carbons (Fsp3) is 0.120. The lowest BCUT2D eigenvalue weighted by Crippen LogP contribution is -2.33. The van der Waals surface area contributed by atoms with Crippen LogP contribution in [0.4, 0.5) is 15.8 Å². The molecule has 0 radical (unpaired) electrons. The second-order valence-corrected chi connectivity index (χ2v) is 7.94. The third-order valence-electron chi connectivity index (χ3n) is 5.34. The first-order valence-electron chi connectivity index (χ1n) is 9.76. The summed E-state index contributed by atoms with van der Waals surface area (Å²) < 4.78 is 13.5. The van der Waals surface area contributed by atoms with E-state index in [1.54, 1.807) is 24.3 Å². The van der Waals surface area contributed by atoms with Crippen LogP contribution in [0.1, 0.15) is 22.3 Å². The normalized spacial score (nSPS) is 13.9. The molecule has 3 aromatic carbocycles. The molecule has 0 fully saturated rings. The van der Waals surface area contributed by atoms with Gasteiger partial charge in [-0.2, -0.15) is 0 Å². The van der Waals surface area contributed by atoms with E-state index in [1.807, 2.05) is 32.9 Å². The summed E-state index contributed by atoms with van der Waals surface area (Å²) in [6.07, 6.45) is 0. The third-order valence-corrected chi connectivity index (χ3v) is 5.75. The molecule has 4 nitrogen and oxygen atoms in total. The number of halogens is 2. The minimum absolute atomic E-state index is 0.127. The van der Waals surface area contributed by atoms with Crippen LogP contribution >= 0.6 is 11.6 Å². The van der Waals surface area contributed by atoms with E-state index in [1.165, 1.54) is 24.3 Å². The van der Waals surface area contributed by atoms with E-state index in [2.05, 4.69) is 5.32 Å². The maximum absolute atomic E-state index is 13.5. The summed E-state index contributed by atoms with van der Waals surface area (Å²) in [7, 11) is 0. The van der Waals surface area contributed by atoms with Crippen molar-refractivity contribution < 1.29 is 14.0 Å². The van der Waals surface area contributed by atoms with Gasteiger partial charge in [-0.1, -0.05) is 47.5 Å². The number of carbonyl (C=O) groups excluding carboxylic acids is 2. The highest BCUT2D eigenvalue weighted by atomic mass is 35.5. The van der Waals surface area contributed by atoms with Crippen molar-refractivity contribution in [3.05, 3.63) is 99.5 Å². The fourth-order valence-electron chi connectivity index (χ4n) is 3.68. The molecule has 0 unspecified atom stereocenters. The summed E-state index contributed by atoms with van der Waals surface area (Å²) in [5, 5.41) is 3.65. The summed E-state index contributed by atoms with van der Waals surface area (Å²) >= 11 is 6.24. The van der Waals surface area contributed by atoms with Gasteiger partial charge in [0.2, 0.25) is 0 Å². The number of benzene rings is 3. The Hall–Kier alpha value is -3.44. The first kappa shape index (κ1) is 20.8. The van der Waals surface area contributed by atoms with Gasteiger partial charge in [-0.05, 0) is 67.8 Å². The average Bonchev–Trinajstić information content (AvgIpc) is 2.96. The summed E-state index contributed by atoms with van der Waals surface area (Å²) in [6.45, 7) is 5.63. The second-order valence-electron chi connectivity index (χ2n) is 7.53. The Morgan fingerprint density at radius 2 is 1.61 bits per heavy atom. The first-order chi connectivity index (χ1) is 14.8. The monoisotopic (exact) mass is 434 g/mol. The van der Waals surface area contributed by atoms with Crippen LogP contribution in [0.15, 0.2) is 66.4 Å². The third kappa shape index (κ3) is 3.73. The number of hydrogen-bond acceptors (Lipinski definition) is 3. The van der Waals surface area contributed by atoms with E-state index >= 15 is 0 Å². The van der Waals surface area contributed by atoms with E-state index < -0.39 is 17.6 Å². The summed E-state index contributed by atoms with van der Waals surface area (Å²) in [5.74, 6) is -1.37. The van der Waals surface area contributed by atoms with Gasteiger partial charge in [0, 0.05) is 10.7 Å². The molecular formula is C25H20ClFN2O2. The van der Waals surface area contributed by atoms with Crippen LogP contribution in [0.2, 0.25) is 5.02 Å². The maximum atomic E-state index is 13.5. The van der Waals surface area contributed by atoms with E-state index in [9.17, 15) is 14.0 Å². The van der Waals surface area contributed by atoms with Gasteiger partial charge in [0.15, 0.2) is 0 Å². The highest BCUT2D eigenvalue weighted by Gasteiger charge is 2.41. The molecule has 6 heteroatoms. The number of imide groups is 1. The minimum Gasteiger partial charge on any atom is -0.350 e. The highest BCUT2D eigenvalue weighted by Crippen LogP contribution is 2.36. The standard InChI is InChI=1S/C25H20ClFN2O2/c1-14-7-12-21(15(2)13-14)29-24(30)22(17-8-10-18(27)11-9-17)23(25(29)31)28-20-6-4-5-19(26)16(20)3/h4-13,28H,1-3H3.